The van der Waals surface area contributed by atoms with Gasteiger partial charge in [0.05, 0.1) is 11.0 Å². The average molecular weight is 579 g/mol. The van der Waals surface area contributed by atoms with Gasteiger partial charge in [-0.1, -0.05) is 139 Å². The molecule has 0 aliphatic heterocycles. The smallest absolute Gasteiger partial charge is 0.143 e. The monoisotopic (exact) mass is 578 g/mol. The zero-order valence-electron chi connectivity index (χ0n) is 31.8. The molecule has 0 unspecified atom stereocenters. The third kappa shape index (κ3) is 3.50. The Kier molecular flexibility index (Phi) is 3.72. The van der Waals surface area contributed by atoms with Gasteiger partial charge in [-0.3, -0.25) is 0 Å². The minimum absolute atomic E-state index is 0.179. The summed E-state index contributed by atoms with van der Waals surface area (Å²) >= 11 is 0. The second kappa shape index (κ2) is 9.29. The summed E-state index contributed by atoms with van der Waals surface area (Å²) in [5.41, 5.74) is 3.12. The van der Waals surface area contributed by atoms with Gasteiger partial charge in [0, 0.05) is 16.2 Å². The molecule has 1 heterocycles. The first kappa shape index (κ1) is 18.0. The van der Waals surface area contributed by atoms with Crippen LogP contribution in [-0.4, -0.2) is 0 Å². The lowest BCUT2D eigenvalue weighted by Crippen LogP contribution is -1.92. The summed E-state index contributed by atoms with van der Waals surface area (Å²) in [5, 5.41) is 7.93. The van der Waals surface area contributed by atoms with Crippen LogP contribution in [0.4, 0.5) is 0 Å². The molecular weight excluding hydrogens is 544 g/mol. The fourth-order valence-electron chi connectivity index (χ4n) is 7.11. The first-order valence-electron chi connectivity index (χ1n) is 18.9. The molecule has 0 aliphatic rings. The third-order valence-electron chi connectivity index (χ3n) is 9.06. The molecule has 1 heteroatoms. The predicted octanol–water partition coefficient (Wildman–Crippen LogP) is 12.7. The zero-order valence-corrected chi connectivity index (χ0v) is 23.8. The molecule has 1 aromatic heterocycles. The van der Waals surface area contributed by atoms with E-state index in [4.69, 9.17) is 9.90 Å². The predicted molar refractivity (Wildman–Crippen MR) is 192 cm³/mol. The highest BCUT2D eigenvalue weighted by molar-refractivity contribution is 6.26. The van der Waals surface area contributed by atoms with E-state index in [1.165, 1.54) is 0 Å². The van der Waals surface area contributed by atoms with Crippen molar-refractivity contribution in [3.05, 3.63) is 158 Å². The molecule has 0 aliphatic carbocycles. The van der Waals surface area contributed by atoms with Crippen LogP contribution in [-0.2, 0) is 0 Å². The van der Waals surface area contributed by atoms with Gasteiger partial charge in [-0.2, -0.15) is 0 Å². The second-order valence-corrected chi connectivity index (χ2v) is 11.4. The minimum Gasteiger partial charge on any atom is -0.455 e. The van der Waals surface area contributed by atoms with E-state index in [1.54, 1.807) is 6.07 Å². The summed E-state index contributed by atoms with van der Waals surface area (Å²) in [6, 6.07) is 32.3. The Morgan fingerprint density at radius 1 is 0.422 bits per heavy atom. The van der Waals surface area contributed by atoms with Crippen molar-refractivity contribution in [3.63, 3.8) is 0 Å². The molecule has 0 radical (unpaired) electrons. The molecule has 0 atom stereocenters. The number of rotatable bonds is 2. The summed E-state index contributed by atoms with van der Waals surface area (Å²) in [6.07, 6.45) is 0. The van der Waals surface area contributed by atoms with Crippen LogP contribution in [0.5, 0.6) is 0 Å². The lowest BCUT2D eigenvalue weighted by molar-refractivity contribution is 0.672. The van der Waals surface area contributed by atoms with Crippen molar-refractivity contribution < 1.29 is 15.4 Å². The maximum absolute atomic E-state index is 9.43. The van der Waals surface area contributed by atoms with Crippen molar-refractivity contribution in [2.24, 2.45) is 0 Å². The van der Waals surface area contributed by atoms with Gasteiger partial charge in [0.15, 0.2) is 0 Å². The van der Waals surface area contributed by atoms with Crippen LogP contribution >= 0.6 is 0 Å². The van der Waals surface area contributed by atoms with Crippen molar-refractivity contribution >= 4 is 75.8 Å². The number of furan rings is 1. The van der Waals surface area contributed by atoms with Gasteiger partial charge < -0.3 is 4.42 Å². The highest BCUT2D eigenvalue weighted by Crippen LogP contribution is 2.47. The molecule has 0 amide bonds. The Labute approximate surface area is 270 Å². The topological polar surface area (TPSA) is 13.1 Å². The van der Waals surface area contributed by atoms with E-state index in [0.29, 0.717) is 33.4 Å². The van der Waals surface area contributed by atoms with E-state index in [1.807, 2.05) is 103 Å². The van der Waals surface area contributed by atoms with E-state index in [9.17, 15) is 5.48 Å². The first-order valence-corrected chi connectivity index (χ1v) is 14.9. The van der Waals surface area contributed by atoms with Crippen molar-refractivity contribution in [3.8, 4) is 22.3 Å². The average Bonchev–Trinajstić information content (AvgIpc) is 3.57. The van der Waals surface area contributed by atoms with Crippen molar-refractivity contribution in [2.45, 2.75) is 0 Å². The lowest BCUT2D eigenvalue weighted by Gasteiger charge is -2.19. The molecule has 10 rings (SSSR count). The Balaban J connectivity index is 1.46. The molecule has 10 aromatic rings. The SMILES string of the molecule is [2H]c1c([2H])c([2H])c2c(-c3cccc4ccc5ccccc5c34)c3c([2H])c([2H])c([2H])c([2H])c3c(-c3ccc4oc5c6ccccc6ccc5c4c3)c2c1[2H]. The van der Waals surface area contributed by atoms with Gasteiger partial charge in [-0.15, -0.1) is 0 Å². The Bertz CT molecular complexity index is 3190. The maximum Gasteiger partial charge on any atom is 0.143 e. The minimum atomic E-state index is -0.431. The highest BCUT2D eigenvalue weighted by Gasteiger charge is 2.20. The molecule has 0 saturated carbocycles. The molecule has 208 valence electrons. The number of hydrogen-bond donors (Lipinski definition) is 0. The van der Waals surface area contributed by atoms with Gasteiger partial charge in [0.1, 0.15) is 11.2 Å². The zero-order chi connectivity index (χ0) is 36.4. The molecule has 0 fully saturated rings. The van der Waals surface area contributed by atoms with Gasteiger partial charge in [0.25, 0.3) is 0 Å². The molecule has 45 heavy (non-hydrogen) atoms. The van der Waals surface area contributed by atoms with Crippen LogP contribution in [0.2, 0.25) is 0 Å². The molecule has 1 nitrogen and oxygen atoms in total. The quantitative estimate of drug-likeness (QED) is 0.147. The molecule has 0 spiro atoms. The summed E-state index contributed by atoms with van der Waals surface area (Å²) in [6.45, 7) is 0. The molecule has 9 aromatic carbocycles. The summed E-state index contributed by atoms with van der Waals surface area (Å²) in [5.74, 6) is 0. The van der Waals surface area contributed by atoms with Crippen molar-refractivity contribution in [2.75, 3.05) is 0 Å². The highest BCUT2D eigenvalue weighted by atomic mass is 16.3. The van der Waals surface area contributed by atoms with Gasteiger partial charge >= 0.3 is 0 Å². The molecular formula is C44H26O. The molecule has 0 N–H and O–H groups in total. The largest absolute Gasteiger partial charge is 0.455 e. The number of hydrogen-bond acceptors (Lipinski definition) is 1. The van der Waals surface area contributed by atoms with Gasteiger partial charge in [-0.25, -0.2) is 0 Å². The van der Waals surface area contributed by atoms with Crippen LogP contribution < -0.4 is 0 Å². The van der Waals surface area contributed by atoms with Crippen LogP contribution in [0.15, 0.2) is 162 Å². The summed E-state index contributed by atoms with van der Waals surface area (Å²) < 4.78 is 79.5. The summed E-state index contributed by atoms with van der Waals surface area (Å²) in [4.78, 5) is 0. The maximum atomic E-state index is 9.43. The van der Waals surface area contributed by atoms with Crippen LogP contribution in [0.3, 0.4) is 0 Å². The third-order valence-corrected chi connectivity index (χ3v) is 9.06. The fraction of sp³-hybridized carbons (Fsp3) is 0. The standard InChI is InChI=1S/C44H26O/c1-3-13-31-27(10-1)20-21-29-12-9-19-38(41(29)31)43-35-17-7-5-15-33(35)42(34-16-6-8-18-36(34)43)30-23-25-40-39(26-30)37-24-22-28-11-2-4-14-32(28)44(37)45-40/h1-26H/i5D,6D,7D,8D,15D,16D,17D,18D. The molecule has 0 saturated heterocycles. The lowest BCUT2D eigenvalue weighted by atomic mass is 9.84. The van der Waals surface area contributed by atoms with Crippen LogP contribution in [0.25, 0.3) is 98.1 Å². The number of benzene rings is 9. The van der Waals surface area contributed by atoms with E-state index in [0.717, 1.165) is 43.1 Å². The van der Waals surface area contributed by atoms with E-state index in [2.05, 4.69) is 0 Å². The van der Waals surface area contributed by atoms with E-state index in [-0.39, 0.29) is 45.7 Å². The van der Waals surface area contributed by atoms with Gasteiger partial charge in [0.2, 0.25) is 0 Å². The summed E-state index contributed by atoms with van der Waals surface area (Å²) in [7, 11) is 0. The van der Waals surface area contributed by atoms with Crippen molar-refractivity contribution in [1.82, 2.24) is 0 Å². The molecule has 0 bridgehead atoms. The van der Waals surface area contributed by atoms with Crippen molar-refractivity contribution in [1.29, 1.82) is 0 Å². The normalized spacial score (nSPS) is 14.5. The fourth-order valence-corrected chi connectivity index (χ4v) is 7.11. The van der Waals surface area contributed by atoms with Crippen LogP contribution in [0, 0.1) is 0 Å². The van der Waals surface area contributed by atoms with E-state index >= 15 is 0 Å². The second-order valence-electron chi connectivity index (χ2n) is 11.4. The van der Waals surface area contributed by atoms with E-state index < -0.39 is 24.2 Å². The Morgan fingerprint density at radius 2 is 1.02 bits per heavy atom. The van der Waals surface area contributed by atoms with Crippen LogP contribution in [0.1, 0.15) is 11.0 Å². The number of fused-ring (bicyclic) bond motifs is 10. The van der Waals surface area contributed by atoms with Gasteiger partial charge in [-0.05, 0) is 88.9 Å². The first-order chi connectivity index (χ1) is 25.7. The Morgan fingerprint density at radius 3 is 1.78 bits per heavy atom. The Hall–Kier alpha value is -5.92.